The molecular formula is C13H12BrClN2O. The van der Waals surface area contributed by atoms with Crippen LogP contribution >= 0.6 is 27.5 Å². The summed E-state index contributed by atoms with van der Waals surface area (Å²) >= 11 is 9.20. The van der Waals surface area contributed by atoms with Crippen molar-refractivity contribution in [3.05, 3.63) is 45.0 Å². The van der Waals surface area contributed by atoms with Crippen LogP contribution in [0, 0.1) is 13.8 Å². The van der Waals surface area contributed by atoms with E-state index in [-0.39, 0.29) is 0 Å². The van der Waals surface area contributed by atoms with E-state index in [1.165, 1.54) is 0 Å². The van der Waals surface area contributed by atoms with Gasteiger partial charge in [0, 0.05) is 11.9 Å². The standard InChI is InChI=1S/C13H12BrClN2O/c1-7-4-12(8(2)3-11(7)16)18-13-10(14)5-9(15)6-17-13/h3-6H,16H2,1-2H3. The molecule has 0 radical (unpaired) electrons. The average Bonchev–Trinajstić information content (AvgIpc) is 2.29. The van der Waals surface area contributed by atoms with Crippen molar-refractivity contribution in [2.45, 2.75) is 13.8 Å². The van der Waals surface area contributed by atoms with Gasteiger partial charge < -0.3 is 10.5 Å². The van der Waals surface area contributed by atoms with Crippen LogP contribution in [0.25, 0.3) is 0 Å². The summed E-state index contributed by atoms with van der Waals surface area (Å²) in [6, 6.07) is 5.52. The van der Waals surface area contributed by atoms with Crippen LogP contribution in [0.2, 0.25) is 5.02 Å². The van der Waals surface area contributed by atoms with Gasteiger partial charge in [0.15, 0.2) is 0 Å². The van der Waals surface area contributed by atoms with Crippen molar-refractivity contribution in [1.29, 1.82) is 0 Å². The minimum absolute atomic E-state index is 0.478. The Balaban J connectivity index is 2.37. The quantitative estimate of drug-likeness (QED) is 0.827. The molecule has 0 aliphatic carbocycles. The summed E-state index contributed by atoms with van der Waals surface area (Å²) in [5.74, 6) is 1.21. The Bertz CT molecular complexity index is 602. The van der Waals surface area contributed by atoms with Gasteiger partial charge in [-0.15, -0.1) is 0 Å². The normalized spacial score (nSPS) is 10.4. The Kier molecular flexibility index (Phi) is 3.78. The highest BCUT2D eigenvalue weighted by molar-refractivity contribution is 9.10. The minimum Gasteiger partial charge on any atom is -0.438 e. The van der Waals surface area contributed by atoms with Crippen molar-refractivity contribution in [3.8, 4) is 11.6 Å². The Morgan fingerprint density at radius 1 is 1.22 bits per heavy atom. The molecule has 0 saturated heterocycles. The van der Waals surface area contributed by atoms with E-state index in [0.29, 0.717) is 15.4 Å². The summed E-state index contributed by atoms with van der Waals surface area (Å²) < 4.78 is 6.47. The number of hydrogen-bond donors (Lipinski definition) is 1. The van der Waals surface area contributed by atoms with Gasteiger partial charge in [-0.1, -0.05) is 11.6 Å². The molecule has 0 aliphatic heterocycles. The average molecular weight is 328 g/mol. The molecule has 18 heavy (non-hydrogen) atoms. The van der Waals surface area contributed by atoms with E-state index in [0.717, 1.165) is 22.6 Å². The summed E-state index contributed by atoms with van der Waals surface area (Å²) in [4.78, 5) is 4.13. The smallest absolute Gasteiger partial charge is 0.233 e. The van der Waals surface area contributed by atoms with Gasteiger partial charge in [0.2, 0.25) is 5.88 Å². The number of ether oxygens (including phenoxy) is 1. The van der Waals surface area contributed by atoms with E-state index in [1.807, 2.05) is 26.0 Å². The lowest BCUT2D eigenvalue weighted by molar-refractivity contribution is 0.456. The van der Waals surface area contributed by atoms with Crippen molar-refractivity contribution >= 4 is 33.2 Å². The van der Waals surface area contributed by atoms with Gasteiger partial charge in [-0.25, -0.2) is 4.98 Å². The van der Waals surface area contributed by atoms with E-state index >= 15 is 0 Å². The van der Waals surface area contributed by atoms with E-state index < -0.39 is 0 Å². The number of aryl methyl sites for hydroxylation is 2. The molecule has 1 heterocycles. The maximum Gasteiger partial charge on any atom is 0.233 e. The molecule has 1 aromatic heterocycles. The molecule has 0 amide bonds. The molecular weight excluding hydrogens is 316 g/mol. The second-order valence-electron chi connectivity index (χ2n) is 4.02. The number of nitrogens with zero attached hydrogens (tertiary/aromatic N) is 1. The molecule has 2 rings (SSSR count). The molecule has 1 aromatic carbocycles. The van der Waals surface area contributed by atoms with Crippen LogP contribution < -0.4 is 10.5 Å². The second kappa shape index (κ2) is 5.16. The molecule has 5 heteroatoms. The highest BCUT2D eigenvalue weighted by Gasteiger charge is 2.09. The number of benzene rings is 1. The van der Waals surface area contributed by atoms with Crippen LogP contribution in [-0.2, 0) is 0 Å². The number of aromatic nitrogens is 1. The molecule has 0 fully saturated rings. The number of rotatable bonds is 2. The molecule has 0 saturated carbocycles. The van der Waals surface area contributed by atoms with Gasteiger partial charge in [-0.2, -0.15) is 0 Å². The zero-order valence-electron chi connectivity index (χ0n) is 10.00. The molecule has 0 atom stereocenters. The van der Waals surface area contributed by atoms with Crippen molar-refractivity contribution in [2.75, 3.05) is 5.73 Å². The number of hydrogen-bond acceptors (Lipinski definition) is 3. The van der Waals surface area contributed by atoms with Crippen LogP contribution in [0.4, 0.5) is 5.69 Å². The third kappa shape index (κ3) is 2.76. The third-order valence-corrected chi connectivity index (χ3v) is 3.32. The Morgan fingerprint density at radius 2 is 1.94 bits per heavy atom. The Labute approximate surface area is 119 Å². The van der Waals surface area contributed by atoms with Crippen LogP contribution in [0.15, 0.2) is 28.9 Å². The van der Waals surface area contributed by atoms with Gasteiger partial charge >= 0.3 is 0 Å². The van der Waals surface area contributed by atoms with Gasteiger partial charge in [0.05, 0.1) is 9.50 Å². The molecule has 94 valence electrons. The number of nitrogen functional groups attached to an aromatic ring is 1. The van der Waals surface area contributed by atoms with E-state index in [4.69, 9.17) is 22.1 Å². The highest BCUT2D eigenvalue weighted by atomic mass is 79.9. The Morgan fingerprint density at radius 3 is 2.61 bits per heavy atom. The Hall–Kier alpha value is -1.26. The largest absolute Gasteiger partial charge is 0.438 e. The molecule has 0 aliphatic rings. The van der Waals surface area contributed by atoms with Gasteiger partial charge in [-0.3, -0.25) is 0 Å². The van der Waals surface area contributed by atoms with E-state index in [2.05, 4.69) is 20.9 Å². The van der Waals surface area contributed by atoms with Gasteiger partial charge in [0.1, 0.15) is 5.75 Å². The second-order valence-corrected chi connectivity index (χ2v) is 5.31. The molecule has 0 spiro atoms. The SMILES string of the molecule is Cc1cc(Oc2ncc(Cl)cc2Br)c(C)cc1N. The molecule has 0 unspecified atom stereocenters. The van der Waals surface area contributed by atoms with Crippen LogP contribution in [0.3, 0.4) is 0 Å². The predicted molar refractivity (Wildman–Crippen MR) is 77.3 cm³/mol. The lowest BCUT2D eigenvalue weighted by Gasteiger charge is -2.11. The van der Waals surface area contributed by atoms with Crippen molar-refractivity contribution < 1.29 is 4.74 Å². The van der Waals surface area contributed by atoms with Crippen molar-refractivity contribution in [3.63, 3.8) is 0 Å². The fourth-order valence-electron chi connectivity index (χ4n) is 1.50. The molecule has 3 nitrogen and oxygen atoms in total. The zero-order valence-corrected chi connectivity index (χ0v) is 12.3. The first-order chi connectivity index (χ1) is 8.47. The summed E-state index contributed by atoms with van der Waals surface area (Å²) in [7, 11) is 0. The predicted octanol–water partition coefficient (Wildman–Crippen LogP) is 4.49. The van der Waals surface area contributed by atoms with E-state index in [1.54, 1.807) is 12.3 Å². The zero-order chi connectivity index (χ0) is 13.3. The number of nitrogens with two attached hydrogens (primary N) is 1. The number of anilines is 1. The fourth-order valence-corrected chi connectivity index (χ4v) is 2.22. The lowest BCUT2D eigenvalue weighted by atomic mass is 10.1. The van der Waals surface area contributed by atoms with Crippen LogP contribution in [0.5, 0.6) is 11.6 Å². The highest BCUT2D eigenvalue weighted by Crippen LogP contribution is 2.32. The number of pyridine rings is 1. The van der Waals surface area contributed by atoms with Gasteiger partial charge in [0.25, 0.3) is 0 Å². The first-order valence-corrected chi connectivity index (χ1v) is 6.50. The fraction of sp³-hybridized carbons (Fsp3) is 0.154. The first kappa shape index (κ1) is 13.2. The number of halogens is 2. The van der Waals surface area contributed by atoms with Crippen molar-refractivity contribution in [2.24, 2.45) is 0 Å². The molecule has 2 aromatic rings. The molecule has 0 bridgehead atoms. The molecule has 2 N–H and O–H groups in total. The maximum atomic E-state index is 5.83. The van der Waals surface area contributed by atoms with E-state index in [9.17, 15) is 0 Å². The maximum absolute atomic E-state index is 5.83. The summed E-state index contributed by atoms with van der Waals surface area (Å²) in [6.45, 7) is 3.88. The van der Waals surface area contributed by atoms with Crippen LogP contribution in [-0.4, -0.2) is 4.98 Å². The lowest BCUT2D eigenvalue weighted by Crippen LogP contribution is -1.95. The topological polar surface area (TPSA) is 48.1 Å². The summed E-state index contributed by atoms with van der Waals surface area (Å²) in [6.07, 6.45) is 1.54. The minimum atomic E-state index is 0.478. The summed E-state index contributed by atoms with van der Waals surface area (Å²) in [5, 5.41) is 0.555. The monoisotopic (exact) mass is 326 g/mol. The summed E-state index contributed by atoms with van der Waals surface area (Å²) in [5.41, 5.74) is 8.52. The van der Waals surface area contributed by atoms with Gasteiger partial charge in [-0.05, 0) is 59.1 Å². The van der Waals surface area contributed by atoms with Crippen molar-refractivity contribution in [1.82, 2.24) is 4.98 Å². The van der Waals surface area contributed by atoms with Crippen LogP contribution in [0.1, 0.15) is 11.1 Å². The first-order valence-electron chi connectivity index (χ1n) is 5.33. The third-order valence-electron chi connectivity index (χ3n) is 2.54.